The van der Waals surface area contributed by atoms with Crippen LogP contribution in [-0.2, 0) is 18.1 Å². The van der Waals surface area contributed by atoms with Gasteiger partial charge < -0.3 is 0 Å². The standard InChI is InChI=1S/C8H17O4P/c1-10-13(9)11-7-5-3-2-4-6-8-12-13/h2-8H2,1H3. The SMILES string of the molecule is COP1(=O)OCCCCCCCO1. The molecule has 0 amide bonds. The van der Waals surface area contributed by atoms with Crippen molar-refractivity contribution in [3.63, 3.8) is 0 Å². The number of rotatable bonds is 1. The Morgan fingerprint density at radius 2 is 1.46 bits per heavy atom. The first kappa shape index (κ1) is 11.2. The van der Waals surface area contributed by atoms with E-state index in [1.165, 1.54) is 13.5 Å². The van der Waals surface area contributed by atoms with E-state index in [1.54, 1.807) is 0 Å². The predicted octanol–water partition coefficient (Wildman–Crippen LogP) is 2.74. The Labute approximate surface area is 79.2 Å². The minimum atomic E-state index is -3.21. The summed E-state index contributed by atoms with van der Waals surface area (Å²) in [6.45, 7) is 0.927. The highest BCUT2D eigenvalue weighted by molar-refractivity contribution is 7.48. The molecule has 1 heterocycles. The molecule has 4 nitrogen and oxygen atoms in total. The van der Waals surface area contributed by atoms with E-state index in [4.69, 9.17) is 13.6 Å². The van der Waals surface area contributed by atoms with Crippen molar-refractivity contribution in [2.75, 3.05) is 20.3 Å². The van der Waals surface area contributed by atoms with Crippen molar-refractivity contribution in [2.45, 2.75) is 32.1 Å². The van der Waals surface area contributed by atoms with Gasteiger partial charge in [-0.3, -0.25) is 13.6 Å². The van der Waals surface area contributed by atoms with Crippen LogP contribution in [0.3, 0.4) is 0 Å². The highest BCUT2D eigenvalue weighted by Gasteiger charge is 2.24. The largest absolute Gasteiger partial charge is 0.474 e. The molecule has 1 aliphatic heterocycles. The lowest BCUT2D eigenvalue weighted by atomic mass is 10.1. The molecule has 0 N–H and O–H groups in total. The van der Waals surface area contributed by atoms with Crippen LogP contribution < -0.4 is 0 Å². The summed E-state index contributed by atoms with van der Waals surface area (Å²) in [6, 6.07) is 0. The molecule has 0 aromatic heterocycles. The monoisotopic (exact) mass is 208 g/mol. The molecule has 5 heteroatoms. The highest BCUT2D eigenvalue weighted by Crippen LogP contribution is 2.48. The summed E-state index contributed by atoms with van der Waals surface area (Å²) in [4.78, 5) is 0. The van der Waals surface area contributed by atoms with Crippen LogP contribution in [0.2, 0.25) is 0 Å². The fourth-order valence-corrected chi connectivity index (χ4v) is 2.22. The van der Waals surface area contributed by atoms with Crippen molar-refractivity contribution in [1.82, 2.24) is 0 Å². The van der Waals surface area contributed by atoms with Gasteiger partial charge in [-0.05, 0) is 12.8 Å². The maximum atomic E-state index is 11.6. The van der Waals surface area contributed by atoms with Crippen LogP contribution in [0.5, 0.6) is 0 Å². The molecular formula is C8H17O4P. The Balaban J connectivity index is 2.39. The minimum absolute atomic E-state index is 0.463. The van der Waals surface area contributed by atoms with Crippen LogP contribution in [0, 0.1) is 0 Å². The summed E-state index contributed by atoms with van der Waals surface area (Å²) >= 11 is 0. The normalized spacial score (nSPS) is 25.3. The van der Waals surface area contributed by atoms with Gasteiger partial charge in [-0.1, -0.05) is 19.3 Å². The lowest BCUT2D eigenvalue weighted by Crippen LogP contribution is -2.03. The first-order valence-electron chi connectivity index (χ1n) is 4.72. The van der Waals surface area contributed by atoms with Gasteiger partial charge in [-0.2, -0.15) is 0 Å². The summed E-state index contributed by atoms with van der Waals surface area (Å²) in [6.07, 6.45) is 5.31. The molecule has 78 valence electrons. The average Bonchev–Trinajstić information content (AvgIpc) is 2.16. The van der Waals surface area contributed by atoms with Gasteiger partial charge in [-0.25, -0.2) is 4.57 Å². The Bertz CT molecular complexity index is 169. The molecule has 0 atom stereocenters. The third kappa shape index (κ3) is 4.23. The summed E-state index contributed by atoms with van der Waals surface area (Å²) in [5, 5.41) is 0. The Hall–Kier alpha value is 0.110. The lowest BCUT2D eigenvalue weighted by Gasteiger charge is -2.17. The van der Waals surface area contributed by atoms with E-state index in [2.05, 4.69) is 0 Å². The molecule has 0 aromatic rings. The minimum Gasteiger partial charge on any atom is -0.290 e. The summed E-state index contributed by atoms with van der Waals surface area (Å²) in [7, 11) is -1.86. The smallest absolute Gasteiger partial charge is 0.290 e. The second kappa shape index (κ2) is 5.76. The molecule has 1 rings (SSSR count). The molecule has 1 fully saturated rings. The third-order valence-electron chi connectivity index (χ3n) is 2.01. The first-order valence-corrected chi connectivity index (χ1v) is 6.18. The van der Waals surface area contributed by atoms with Crippen LogP contribution in [0.15, 0.2) is 0 Å². The second-order valence-electron chi connectivity index (χ2n) is 3.06. The zero-order valence-electron chi connectivity index (χ0n) is 8.03. The summed E-state index contributed by atoms with van der Waals surface area (Å²) in [5.41, 5.74) is 0. The molecule has 0 radical (unpaired) electrons. The Morgan fingerprint density at radius 3 is 1.92 bits per heavy atom. The van der Waals surface area contributed by atoms with Crippen LogP contribution in [0.1, 0.15) is 32.1 Å². The number of phosphoric ester groups is 1. The van der Waals surface area contributed by atoms with Crippen molar-refractivity contribution < 1.29 is 18.1 Å². The van der Waals surface area contributed by atoms with Crippen LogP contribution >= 0.6 is 7.82 Å². The van der Waals surface area contributed by atoms with Crippen LogP contribution in [0.4, 0.5) is 0 Å². The van der Waals surface area contributed by atoms with Gasteiger partial charge in [0.15, 0.2) is 0 Å². The zero-order chi connectivity index (χ0) is 9.57. The van der Waals surface area contributed by atoms with Gasteiger partial charge in [0, 0.05) is 7.11 Å². The van der Waals surface area contributed by atoms with Gasteiger partial charge in [0.25, 0.3) is 0 Å². The lowest BCUT2D eigenvalue weighted by molar-refractivity contribution is 0.123. The van der Waals surface area contributed by atoms with Gasteiger partial charge in [-0.15, -0.1) is 0 Å². The molecule has 0 bridgehead atoms. The summed E-state index contributed by atoms with van der Waals surface area (Å²) < 4.78 is 26.4. The number of phosphoric acid groups is 1. The first-order chi connectivity index (χ1) is 6.27. The van der Waals surface area contributed by atoms with Crippen molar-refractivity contribution in [1.29, 1.82) is 0 Å². The molecular weight excluding hydrogens is 191 g/mol. The fraction of sp³-hybridized carbons (Fsp3) is 1.00. The van der Waals surface area contributed by atoms with Crippen LogP contribution in [-0.4, -0.2) is 20.3 Å². The van der Waals surface area contributed by atoms with Crippen molar-refractivity contribution in [2.24, 2.45) is 0 Å². The average molecular weight is 208 g/mol. The van der Waals surface area contributed by atoms with Gasteiger partial charge in [0.05, 0.1) is 13.2 Å². The van der Waals surface area contributed by atoms with E-state index in [0.29, 0.717) is 13.2 Å². The molecule has 1 aliphatic rings. The van der Waals surface area contributed by atoms with Crippen molar-refractivity contribution >= 4 is 7.82 Å². The van der Waals surface area contributed by atoms with E-state index in [-0.39, 0.29) is 0 Å². The number of hydrogen-bond donors (Lipinski definition) is 0. The zero-order valence-corrected chi connectivity index (χ0v) is 8.92. The molecule has 0 saturated carbocycles. The van der Waals surface area contributed by atoms with Crippen molar-refractivity contribution in [3.8, 4) is 0 Å². The van der Waals surface area contributed by atoms with Crippen molar-refractivity contribution in [3.05, 3.63) is 0 Å². The molecule has 0 unspecified atom stereocenters. The maximum Gasteiger partial charge on any atom is 0.474 e. The van der Waals surface area contributed by atoms with E-state index in [0.717, 1.165) is 25.7 Å². The molecule has 13 heavy (non-hydrogen) atoms. The van der Waals surface area contributed by atoms with E-state index < -0.39 is 7.82 Å². The summed E-state index contributed by atoms with van der Waals surface area (Å²) in [5.74, 6) is 0. The van der Waals surface area contributed by atoms with E-state index >= 15 is 0 Å². The predicted molar refractivity (Wildman–Crippen MR) is 49.6 cm³/mol. The molecule has 0 aromatic carbocycles. The third-order valence-corrected chi connectivity index (χ3v) is 3.46. The van der Waals surface area contributed by atoms with E-state index in [9.17, 15) is 4.57 Å². The van der Waals surface area contributed by atoms with E-state index in [1.807, 2.05) is 0 Å². The topological polar surface area (TPSA) is 44.8 Å². The molecule has 0 spiro atoms. The van der Waals surface area contributed by atoms with Gasteiger partial charge in [0.1, 0.15) is 0 Å². The highest BCUT2D eigenvalue weighted by atomic mass is 31.2. The molecule has 0 aliphatic carbocycles. The Kier molecular flexibility index (Phi) is 4.96. The molecule has 1 saturated heterocycles. The fourth-order valence-electron chi connectivity index (χ4n) is 1.23. The maximum absolute atomic E-state index is 11.6. The quantitative estimate of drug-likeness (QED) is 0.621. The second-order valence-corrected chi connectivity index (χ2v) is 4.84. The van der Waals surface area contributed by atoms with Gasteiger partial charge in [0.2, 0.25) is 0 Å². The Morgan fingerprint density at radius 1 is 1.00 bits per heavy atom. The number of hydrogen-bond acceptors (Lipinski definition) is 4. The van der Waals surface area contributed by atoms with Gasteiger partial charge >= 0.3 is 7.82 Å². The van der Waals surface area contributed by atoms with Crippen LogP contribution in [0.25, 0.3) is 0 Å².